The van der Waals surface area contributed by atoms with Crippen molar-refractivity contribution in [2.75, 3.05) is 51.2 Å². The lowest BCUT2D eigenvalue weighted by atomic mass is 10.1. The minimum absolute atomic E-state index is 0.0271. The van der Waals surface area contributed by atoms with Gasteiger partial charge in [0, 0.05) is 63.4 Å². The zero-order valence-electron chi connectivity index (χ0n) is 18.4. The summed E-state index contributed by atoms with van der Waals surface area (Å²) in [7, 11) is 2.13. The fourth-order valence-corrected chi connectivity index (χ4v) is 4.21. The summed E-state index contributed by atoms with van der Waals surface area (Å²) in [6.45, 7) is 10.4. The molecule has 0 radical (unpaired) electrons. The minimum Gasteiger partial charge on any atom is -0.491 e. The molecule has 1 saturated heterocycles. The van der Waals surface area contributed by atoms with Crippen molar-refractivity contribution in [3.05, 3.63) is 51.4 Å². The Morgan fingerprint density at radius 3 is 2.57 bits per heavy atom. The van der Waals surface area contributed by atoms with Crippen LogP contribution < -0.4 is 15.2 Å². The van der Waals surface area contributed by atoms with Crippen LogP contribution in [0.4, 0.5) is 5.95 Å². The maximum atomic E-state index is 12.8. The van der Waals surface area contributed by atoms with Gasteiger partial charge in [-0.1, -0.05) is 18.2 Å². The third kappa shape index (κ3) is 4.84. The molecule has 1 fully saturated rings. The van der Waals surface area contributed by atoms with Crippen LogP contribution in [0.15, 0.2) is 29.1 Å². The molecule has 2 aliphatic rings. The number of nitrogens with one attached hydrogen (secondary N) is 1. The zero-order valence-corrected chi connectivity index (χ0v) is 18.4. The second kappa shape index (κ2) is 9.18. The van der Waals surface area contributed by atoms with E-state index in [1.807, 2.05) is 12.1 Å². The Hall–Kier alpha value is -2.38. The number of ether oxygens (including phenoxy) is 1. The van der Waals surface area contributed by atoms with E-state index in [-0.39, 0.29) is 11.7 Å². The van der Waals surface area contributed by atoms with E-state index in [1.165, 1.54) is 5.56 Å². The Labute approximate surface area is 178 Å². The summed E-state index contributed by atoms with van der Waals surface area (Å²) in [5.41, 5.74) is 3.03. The lowest BCUT2D eigenvalue weighted by Crippen LogP contribution is -2.45. The van der Waals surface area contributed by atoms with Gasteiger partial charge in [-0.2, -0.15) is 0 Å². The standard InChI is InChI=1S/C23H33N5O2/c1-17(2)30-21-7-5-4-6-18(21)16-27-10-8-19-20(9-11-27)24-23(25-22(19)29)28-14-12-26(3)13-15-28/h4-7,17H,8-16H2,1-3H3,(H,24,25,29). The third-order valence-electron chi connectivity index (χ3n) is 5.96. The molecular formula is C23H33N5O2. The van der Waals surface area contributed by atoms with Crippen LogP contribution in [0.25, 0.3) is 0 Å². The number of H-pyrrole nitrogens is 1. The van der Waals surface area contributed by atoms with Crippen LogP contribution in [0.1, 0.15) is 30.7 Å². The smallest absolute Gasteiger partial charge is 0.255 e. The highest BCUT2D eigenvalue weighted by molar-refractivity contribution is 5.36. The molecule has 0 bridgehead atoms. The zero-order chi connectivity index (χ0) is 21.1. The maximum Gasteiger partial charge on any atom is 0.255 e. The first kappa shape index (κ1) is 20.9. The molecule has 0 amide bonds. The molecule has 7 heteroatoms. The molecule has 162 valence electrons. The quantitative estimate of drug-likeness (QED) is 0.811. The van der Waals surface area contributed by atoms with E-state index in [0.717, 1.165) is 81.6 Å². The fraction of sp³-hybridized carbons (Fsp3) is 0.565. The summed E-state index contributed by atoms with van der Waals surface area (Å²) < 4.78 is 5.99. The van der Waals surface area contributed by atoms with Crippen molar-refractivity contribution in [2.24, 2.45) is 0 Å². The van der Waals surface area contributed by atoms with Crippen molar-refractivity contribution in [1.82, 2.24) is 19.8 Å². The molecule has 7 nitrogen and oxygen atoms in total. The summed E-state index contributed by atoms with van der Waals surface area (Å²) in [5.74, 6) is 1.68. The molecule has 0 saturated carbocycles. The van der Waals surface area contributed by atoms with Gasteiger partial charge in [0.05, 0.1) is 11.8 Å². The van der Waals surface area contributed by atoms with Gasteiger partial charge in [-0.05, 0) is 33.4 Å². The van der Waals surface area contributed by atoms with Gasteiger partial charge >= 0.3 is 0 Å². The second-order valence-corrected chi connectivity index (χ2v) is 8.66. The number of nitrogens with zero attached hydrogens (tertiary/aromatic N) is 4. The molecule has 0 unspecified atom stereocenters. The third-order valence-corrected chi connectivity index (χ3v) is 5.96. The van der Waals surface area contributed by atoms with Gasteiger partial charge in [0.1, 0.15) is 5.75 Å². The summed E-state index contributed by atoms with van der Waals surface area (Å²) in [6, 6.07) is 8.25. The molecule has 1 N–H and O–H groups in total. The van der Waals surface area contributed by atoms with E-state index in [2.05, 4.69) is 52.7 Å². The number of benzene rings is 1. The van der Waals surface area contributed by atoms with Crippen LogP contribution in [0.3, 0.4) is 0 Å². The van der Waals surface area contributed by atoms with E-state index in [0.29, 0.717) is 0 Å². The van der Waals surface area contributed by atoms with Gasteiger partial charge in [-0.25, -0.2) is 4.98 Å². The monoisotopic (exact) mass is 411 g/mol. The largest absolute Gasteiger partial charge is 0.491 e. The van der Waals surface area contributed by atoms with Gasteiger partial charge in [0.2, 0.25) is 5.95 Å². The number of rotatable bonds is 5. The SMILES string of the molecule is CC(C)Oc1ccccc1CN1CCc2nc(N3CCN(C)CC3)[nH]c(=O)c2CC1. The number of para-hydroxylation sites is 1. The number of fused-ring (bicyclic) bond motifs is 1. The van der Waals surface area contributed by atoms with Gasteiger partial charge in [-0.15, -0.1) is 0 Å². The molecule has 30 heavy (non-hydrogen) atoms. The Bertz CT molecular complexity index is 918. The molecule has 1 aromatic carbocycles. The fourth-order valence-electron chi connectivity index (χ4n) is 4.21. The molecule has 3 heterocycles. The normalized spacial score (nSPS) is 18.3. The van der Waals surface area contributed by atoms with E-state index in [9.17, 15) is 4.79 Å². The molecule has 1 aromatic heterocycles. The molecule has 4 rings (SSSR count). The Kier molecular flexibility index (Phi) is 6.39. The van der Waals surface area contributed by atoms with Crippen LogP contribution in [-0.4, -0.2) is 72.2 Å². The van der Waals surface area contributed by atoms with Crippen molar-refractivity contribution in [3.63, 3.8) is 0 Å². The number of aromatic amines is 1. The van der Waals surface area contributed by atoms with Gasteiger partial charge < -0.3 is 14.5 Å². The Morgan fingerprint density at radius 1 is 1.07 bits per heavy atom. The highest BCUT2D eigenvalue weighted by Crippen LogP contribution is 2.23. The predicted octanol–water partition coefficient (Wildman–Crippen LogP) is 1.91. The summed E-state index contributed by atoms with van der Waals surface area (Å²) in [6.07, 6.45) is 1.68. The topological polar surface area (TPSA) is 64.7 Å². The van der Waals surface area contributed by atoms with Crippen molar-refractivity contribution >= 4 is 5.95 Å². The van der Waals surface area contributed by atoms with Crippen molar-refractivity contribution in [2.45, 2.75) is 39.3 Å². The van der Waals surface area contributed by atoms with E-state index in [1.54, 1.807) is 0 Å². The lowest BCUT2D eigenvalue weighted by molar-refractivity contribution is 0.229. The first-order valence-electron chi connectivity index (χ1n) is 11.0. The lowest BCUT2D eigenvalue weighted by Gasteiger charge is -2.32. The van der Waals surface area contributed by atoms with Gasteiger partial charge in [0.15, 0.2) is 0 Å². The summed E-state index contributed by atoms with van der Waals surface area (Å²) in [4.78, 5) is 27.6. The van der Waals surface area contributed by atoms with E-state index >= 15 is 0 Å². The van der Waals surface area contributed by atoms with Gasteiger partial charge in [0.25, 0.3) is 5.56 Å². The molecule has 0 spiro atoms. The van der Waals surface area contributed by atoms with Crippen molar-refractivity contribution in [3.8, 4) is 5.75 Å². The van der Waals surface area contributed by atoms with Crippen molar-refractivity contribution < 1.29 is 4.74 Å². The minimum atomic E-state index is 0.0271. The highest BCUT2D eigenvalue weighted by atomic mass is 16.5. The molecule has 0 atom stereocenters. The average Bonchev–Trinajstić information content (AvgIpc) is 2.92. The van der Waals surface area contributed by atoms with E-state index in [4.69, 9.17) is 9.72 Å². The highest BCUT2D eigenvalue weighted by Gasteiger charge is 2.22. The van der Waals surface area contributed by atoms with Crippen LogP contribution in [0, 0.1) is 0 Å². The Balaban J connectivity index is 1.47. The van der Waals surface area contributed by atoms with Crippen molar-refractivity contribution in [1.29, 1.82) is 0 Å². The van der Waals surface area contributed by atoms with E-state index < -0.39 is 0 Å². The number of hydrogen-bond donors (Lipinski definition) is 1. The predicted molar refractivity (Wildman–Crippen MR) is 119 cm³/mol. The molecular weight excluding hydrogens is 378 g/mol. The number of anilines is 1. The number of hydrogen-bond acceptors (Lipinski definition) is 6. The first-order valence-corrected chi connectivity index (χ1v) is 11.0. The number of likely N-dealkylation sites (N-methyl/N-ethyl adjacent to an activating group) is 1. The van der Waals surface area contributed by atoms with Gasteiger partial charge in [-0.3, -0.25) is 14.7 Å². The van der Waals surface area contributed by atoms with Crippen LogP contribution in [0.5, 0.6) is 5.75 Å². The number of piperazine rings is 1. The summed E-state index contributed by atoms with van der Waals surface area (Å²) in [5, 5.41) is 0. The van der Waals surface area contributed by atoms with Crippen LogP contribution >= 0.6 is 0 Å². The maximum absolute atomic E-state index is 12.8. The van der Waals surface area contributed by atoms with Crippen LogP contribution in [0.2, 0.25) is 0 Å². The number of aromatic nitrogens is 2. The molecule has 2 aromatic rings. The first-order chi connectivity index (χ1) is 14.5. The second-order valence-electron chi connectivity index (χ2n) is 8.66. The molecule has 2 aliphatic heterocycles. The van der Waals surface area contributed by atoms with Crippen LogP contribution in [-0.2, 0) is 19.4 Å². The summed E-state index contributed by atoms with van der Waals surface area (Å²) >= 11 is 0. The molecule has 0 aliphatic carbocycles. The Morgan fingerprint density at radius 2 is 1.80 bits per heavy atom. The average molecular weight is 412 g/mol.